The number of nitrogens with one attached hydrogen (secondary N) is 1. The third kappa shape index (κ3) is 4.72. The Hall–Kier alpha value is -3.35. The highest BCUT2D eigenvalue weighted by Crippen LogP contribution is 2.28. The molecule has 0 unspecified atom stereocenters. The van der Waals surface area contributed by atoms with E-state index in [0.717, 1.165) is 22.5 Å². The first kappa shape index (κ1) is 21.5. The predicted molar refractivity (Wildman–Crippen MR) is 134 cm³/mol. The van der Waals surface area contributed by atoms with Crippen LogP contribution in [0.1, 0.15) is 0 Å². The van der Waals surface area contributed by atoms with Crippen molar-refractivity contribution in [3.63, 3.8) is 0 Å². The fourth-order valence-electron chi connectivity index (χ4n) is 4.05. The zero-order valence-corrected chi connectivity index (χ0v) is 19.2. The molecule has 0 radical (unpaired) electrons. The predicted octanol–water partition coefficient (Wildman–Crippen LogP) is 5.96. The van der Waals surface area contributed by atoms with E-state index in [1.54, 1.807) is 23.1 Å². The minimum Gasteiger partial charge on any atom is -0.352 e. The summed E-state index contributed by atoms with van der Waals surface area (Å²) in [4.78, 5) is 16.5. The van der Waals surface area contributed by atoms with Gasteiger partial charge in [-0.1, -0.05) is 65.7 Å². The first-order chi connectivity index (χ1) is 16.1. The second kappa shape index (κ2) is 9.25. The monoisotopic (exact) mass is 477 g/mol. The van der Waals surface area contributed by atoms with Crippen LogP contribution < -0.4 is 10.2 Å². The van der Waals surface area contributed by atoms with E-state index in [4.69, 9.17) is 23.2 Å². The van der Waals surface area contributed by atoms with Crippen LogP contribution in [0.5, 0.6) is 0 Å². The third-order valence-corrected chi connectivity index (χ3v) is 6.16. The number of urea groups is 1. The molecule has 1 N–H and O–H groups in total. The van der Waals surface area contributed by atoms with E-state index in [0.29, 0.717) is 41.9 Å². The number of aromatic nitrogens is 2. The van der Waals surface area contributed by atoms with Crippen molar-refractivity contribution in [3.8, 4) is 11.3 Å². The van der Waals surface area contributed by atoms with Gasteiger partial charge in [-0.2, -0.15) is 0 Å². The van der Waals surface area contributed by atoms with E-state index in [-0.39, 0.29) is 6.03 Å². The molecular weight excluding hydrogens is 457 g/mol. The Labute approximate surface area is 201 Å². The molecule has 2 amide bonds. The number of halogens is 2. The van der Waals surface area contributed by atoms with Crippen molar-refractivity contribution in [2.45, 2.75) is 0 Å². The van der Waals surface area contributed by atoms with Gasteiger partial charge in [0, 0.05) is 47.5 Å². The average Bonchev–Trinajstić information content (AvgIpc) is 2.83. The number of carbonyl (C=O) groups excluding carboxylic acids is 1. The van der Waals surface area contributed by atoms with Crippen molar-refractivity contribution >= 4 is 51.5 Å². The Morgan fingerprint density at radius 3 is 2.27 bits per heavy atom. The number of anilines is 2. The first-order valence-corrected chi connectivity index (χ1v) is 11.4. The zero-order valence-electron chi connectivity index (χ0n) is 17.7. The summed E-state index contributed by atoms with van der Waals surface area (Å²) < 4.78 is 0. The summed E-state index contributed by atoms with van der Waals surface area (Å²) in [6.07, 6.45) is 0. The van der Waals surface area contributed by atoms with Gasteiger partial charge >= 0.3 is 6.03 Å². The third-order valence-electron chi connectivity index (χ3n) is 5.72. The molecular formula is C25H21Cl2N5O. The zero-order chi connectivity index (χ0) is 22.8. The lowest BCUT2D eigenvalue weighted by atomic mass is 10.0. The van der Waals surface area contributed by atoms with Crippen molar-refractivity contribution in [2.75, 3.05) is 36.4 Å². The molecule has 8 heteroatoms. The highest BCUT2D eigenvalue weighted by atomic mass is 35.5. The Morgan fingerprint density at radius 2 is 1.55 bits per heavy atom. The quantitative estimate of drug-likeness (QED) is 0.395. The number of hydrogen-bond acceptors (Lipinski definition) is 4. The van der Waals surface area contributed by atoms with Gasteiger partial charge in [0.1, 0.15) is 0 Å². The van der Waals surface area contributed by atoms with Crippen LogP contribution in [0.2, 0.25) is 10.0 Å². The summed E-state index contributed by atoms with van der Waals surface area (Å²) in [6.45, 7) is 2.50. The Morgan fingerprint density at radius 1 is 0.818 bits per heavy atom. The molecule has 1 saturated heterocycles. The van der Waals surface area contributed by atoms with Crippen LogP contribution in [0, 0.1) is 0 Å². The molecule has 0 aliphatic carbocycles. The van der Waals surface area contributed by atoms with Gasteiger partial charge in [-0.15, -0.1) is 10.2 Å². The summed E-state index contributed by atoms with van der Waals surface area (Å²) in [6, 6.07) is 23.3. The van der Waals surface area contributed by atoms with E-state index >= 15 is 0 Å². The Balaban J connectivity index is 1.23. The van der Waals surface area contributed by atoms with Crippen LogP contribution in [-0.2, 0) is 0 Å². The summed E-state index contributed by atoms with van der Waals surface area (Å²) in [7, 11) is 0. The molecule has 1 aliphatic rings. The molecule has 166 valence electrons. The Bertz CT molecular complexity index is 1280. The minimum absolute atomic E-state index is 0.176. The summed E-state index contributed by atoms with van der Waals surface area (Å²) in [5.41, 5.74) is 2.48. The van der Waals surface area contributed by atoms with E-state index in [1.165, 1.54) is 5.39 Å². The van der Waals surface area contributed by atoms with Crippen molar-refractivity contribution in [2.24, 2.45) is 0 Å². The lowest BCUT2D eigenvalue weighted by molar-refractivity contribution is 0.208. The molecule has 1 aromatic heterocycles. The molecule has 2 heterocycles. The molecule has 33 heavy (non-hydrogen) atoms. The lowest BCUT2D eigenvalue weighted by Gasteiger charge is -2.35. The topological polar surface area (TPSA) is 61.4 Å². The molecule has 3 aromatic carbocycles. The lowest BCUT2D eigenvalue weighted by Crippen LogP contribution is -2.50. The normalized spacial score (nSPS) is 13.9. The van der Waals surface area contributed by atoms with E-state index < -0.39 is 0 Å². The van der Waals surface area contributed by atoms with Gasteiger partial charge in [-0.3, -0.25) is 0 Å². The van der Waals surface area contributed by atoms with Gasteiger partial charge in [0.2, 0.25) is 0 Å². The van der Waals surface area contributed by atoms with Crippen LogP contribution in [0.25, 0.3) is 22.0 Å². The smallest absolute Gasteiger partial charge is 0.321 e. The van der Waals surface area contributed by atoms with E-state index in [2.05, 4.69) is 44.7 Å². The summed E-state index contributed by atoms with van der Waals surface area (Å²) in [5, 5.41) is 15.1. The van der Waals surface area contributed by atoms with Crippen LogP contribution in [-0.4, -0.2) is 47.3 Å². The standard InChI is InChI=1S/C25H21Cl2N5O/c26-18-14-19(27)16-20(15-18)28-25(33)32-12-10-31(11-13-32)24-9-8-23(29-30-24)22-7-3-5-17-4-1-2-6-21(17)22/h1-9,14-16H,10-13H2,(H,28,33). The molecule has 0 spiro atoms. The van der Waals surface area contributed by atoms with Crippen molar-refractivity contribution in [3.05, 3.63) is 82.8 Å². The van der Waals surface area contributed by atoms with Gasteiger partial charge < -0.3 is 15.1 Å². The largest absolute Gasteiger partial charge is 0.352 e. The highest BCUT2D eigenvalue weighted by molar-refractivity contribution is 6.35. The first-order valence-electron chi connectivity index (χ1n) is 10.7. The highest BCUT2D eigenvalue weighted by Gasteiger charge is 2.22. The van der Waals surface area contributed by atoms with Crippen molar-refractivity contribution in [1.29, 1.82) is 0 Å². The number of rotatable bonds is 3. The average molecular weight is 478 g/mol. The van der Waals surface area contributed by atoms with Crippen LogP contribution in [0.15, 0.2) is 72.8 Å². The summed E-state index contributed by atoms with van der Waals surface area (Å²) >= 11 is 12.0. The fourth-order valence-corrected chi connectivity index (χ4v) is 4.58. The van der Waals surface area contributed by atoms with E-state index in [1.807, 2.05) is 30.3 Å². The van der Waals surface area contributed by atoms with Crippen molar-refractivity contribution in [1.82, 2.24) is 15.1 Å². The fraction of sp³-hybridized carbons (Fsp3) is 0.160. The van der Waals surface area contributed by atoms with Gasteiger partial charge in [-0.25, -0.2) is 4.79 Å². The number of hydrogen-bond donors (Lipinski definition) is 1. The SMILES string of the molecule is O=C(Nc1cc(Cl)cc(Cl)c1)N1CCN(c2ccc(-c3cccc4ccccc34)nn2)CC1. The molecule has 1 aliphatic heterocycles. The van der Waals surface area contributed by atoms with Gasteiger partial charge in [0.15, 0.2) is 5.82 Å². The van der Waals surface area contributed by atoms with Crippen LogP contribution in [0.3, 0.4) is 0 Å². The molecule has 1 fully saturated rings. The van der Waals surface area contributed by atoms with E-state index in [9.17, 15) is 4.79 Å². The molecule has 4 aromatic rings. The maximum atomic E-state index is 12.6. The van der Waals surface area contributed by atoms with Gasteiger partial charge in [-0.05, 0) is 41.1 Å². The van der Waals surface area contributed by atoms with Crippen LogP contribution in [0.4, 0.5) is 16.3 Å². The molecule has 5 rings (SSSR count). The molecule has 0 saturated carbocycles. The van der Waals surface area contributed by atoms with Crippen LogP contribution >= 0.6 is 23.2 Å². The maximum Gasteiger partial charge on any atom is 0.321 e. The number of benzene rings is 3. The number of nitrogens with zero attached hydrogens (tertiary/aromatic N) is 4. The second-order valence-corrected chi connectivity index (χ2v) is 8.74. The number of amides is 2. The van der Waals surface area contributed by atoms with Gasteiger partial charge in [0.05, 0.1) is 5.69 Å². The van der Waals surface area contributed by atoms with Gasteiger partial charge in [0.25, 0.3) is 0 Å². The number of piperazine rings is 1. The second-order valence-electron chi connectivity index (χ2n) is 7.87. The molecule has 0 atom stereocenters. The maximum absolute atomic E-state index is 12.6. The Kier molecular flexibility index (Phi) is 6.03. The number of carbonyl (C=O) groups is 1. The molecule has 0 bridgehead atoms. The minimum atomic E-state index is -0.176. The van der Waals surface area contributed by atoms with Crippen molar-refractivity contribution < 1.29 is 4.79 Å². The molecule has 6 nitrogen and oxygen atoms in total. The number of fused-ring (bicyclic) bond motifs is 1. The summed E-state index contributed by atoms with van der Waals surface area (Å²) in [5.74, 6) is 0.806.